The van der Waals surface area contributed by atoms with E-state index in [1.807, 2.05) is 59.2 Å². The van der Waals surface area contributed by atoms with Crippen LogP contribution in [0.25, 0.3) is 22.0 Å². The number of fused-ring (bicyclic) bond motifs is 1. The third kappa shape index (κ3) is 5.17. The second-order valence-electron chi connectivity index (χ2n) is 9.25. The molecule has 5 atom stereocenters. The van der Waals surface area contributed by atoms with Crippen molar-refractivity contribution in [1.29, 1.82) is 0 Å². The molecule has 1 saturated heterocycles. The molecule has 5 rings (SSSR count). The fourth-order valence-electron chi connectivity index (χ4n) is 4.73. The van der Waals surface area contributed by atoms with Crippen LogP contribution in [-0.4, -0.2) is 68.2 Å². The Labute approximate surface area is 228 Å². The lowest BCUT2D eigenvalue weighted by atomic mass is 9.96. The Morgan fingerprint density at radius 1 is 0.921 bits per heavy atom. The van der Waals surface area contributed by atoms with Crippen LogP contribution in [0.3, 0.4) is 0 Å². The molecule has 1 aliphatic heterocycles. The van der Waals surface area contributed by atoms with E-state index in [-0.39, 0.29) is 0 Å². The van der Waals surface area contributed by atoms with Crippen molar-refractivity contribution >= 4 is 40.0 Å². The number of aliphatic hydroxyl groups excluding tert-OH is 4. The zero-order valence-corrected chi connectivity index (χ0v) is 21.5. The van der Waals surface area contributed by atoms with Gasteiger partial charge in [0.05, 0.1) is 22.2 Å². The molecule has 3 aromatic carbocycles. The molecule has 0 spiro atoms. The van der Waals surface area contributed by atoms with Crippen molar-refractivity contribution in [2.24, 2.45) is 0 Å². The monoisotopic (exact) mass is 556 g/mol. The maximum Gasteiger partial charge on any atom is 0.253 e. The van der Waals surface area contributed by atoms with Gasteiger partial charge in [-0.2, -0.15) is 0 Å². The number of hydrogen-bond donors (Lipinski definition) is 5. The average Bonchev–Trinajstić information content (AvgIpc) is 3.28. The van der Waals surface area contributed by atoms with E-state index in [1.54, 1.807) is 18.3 Å². The quantitative estimate of drug-likeness (QED) is 0.248. The van der Waals surface area contributed by atoms with Gasteiger partial charge in [0.2, 0.25) is 0 Å². The van der Waals surface area contributed by atoms with E-state index in [1.165, 1.54) is 0 Å². The van der Waals surface area contributed by atoms with Gasteiger partial charge in [-0.05, 0) is 34.9 Å². The molecule has 1 aliphatic rings. The molecule has 0 saturated carbocycles. The molecule has 10 heteroatoms. The number of aromatic nitrogens is 1. The minimum atomic E-state index is -1.62. The Hall–Kier alpha value is -2.95. The highest BCUT2D eigenvalue weighted by atomic mass is 35.5. The maximum atomic E-state index is 13.4. The molecule has 1 fully saturated rings. The normalized spacial score (nSPS) is 23.5. The summed E-state index contributed by atoms with van der Waals surface area (Å²) in [6.07, 6.45) is -4.14. The second-order valence-corrected chi connectivity index (χ2v) is 10.1. The molecule has 1 amide bonds. The zero-order chi connectivity index (χ0) is 27.0. The highest BCUT2D eigenvalue weighted by molar-refractivity contribution is 6.42. The van der Waals surface area contributed by atoms with E-state index in [0.717, 1.165) is 22.2 Å². The topological polar surface area (TPSA) is 124 Å². The summed E-state index contributed by atoms with van der Waals surface area (Å²) in [6, 6.07) is 19.6. The van der Waals surface area contributed by atoms with Crippen molar-refractivity contribution < 1.29 is 30.0 Å². The third-order valence-electron chi connectivity index (χ3n) is 6.77. The molecule has 38 heavy (non-hydrogen) atoms. The van der Waals surface area contributed by atoms with Crippen LogP contribution in [0.2, 0.25) is 10.0 Å². The first-order valence-electron chi connectivity index (χ1n) is 12.0. The molecule has 3 unspecified atom stereocenters. The number of rotatable bonds is 6. The van der Waals surface area contributed by atoms with Crippen LogP contribution in [0.5, 0.6) is 0 Å². The molecule has 0 bridgehead atoms. The predicted molar refractivity (Wildman–Crippen MR) is 144 cm³/mol. The first-order chi connectivity index (χ1) is 18.3. The second kappa shape index (κ2) is 11.0. The number of aliphatic hydroxyl groups is 4. The summed E-state index contributed by atoms with van der Waals surface area (Å²) < 4.78 is 7.09. The Morgan fingerprint density at radius 2 is 1.68 bits per heavy atom. The smallest absolute Gasteiger partial charge is 0.253 e. The van der Waals surface area contributed by atoms with Crippen molar-refractivity contribution in [2.45, 2.75) is 37.2 Å². The molecule has 2 heterocycles. The van der Waals surface area contributed by atoms with Gasteiger partial charge in [0.15, 0.2) is 6.29 Å². The third-order valence-corrected chi connectivity index (χ3v) is 7.51. The fraction of sp³-hybridized carbons (Fsp3) is 0.250. The molecule has 4 aromatic rings. The summed E-state index contributed by atoms with van der Waals surface area (Å²) in [4.78, 5) is 13.4. The largest absolute Gasteiger partial charge is 0.394 e. The number of benzene rings is 3. The number of hydrogen-bond acceptors (Lipinski definition) is 6. The number of nitrogens with zero attached hydrogens (tertiary/aromatic N) is 1. The van der Waals surface area contributed by atoms with Crippen LogP contribution < -0.4 is 5.32 Å². The van der Waals surface area contributed by atoms with E-state index in [4.69, 9.17) is 27.9 Å². The van der Waals surface area contributed by atoms with Crippen molar-refractivity contribution in [3.63, 3.8) is 0 Å². The molecule has 8 nitrogen and oxygen atoms in total. The number of ether oxygens (including phenoxy) is 1. The first kappa shape index (κ1) is 26.6. The van der Waals surface area contributed by atoms with Gasteiger partial charge in [-0.15, -0.1) is 0 Å². The predicted octanol–water partition coefficient (Wildman–Crippen LogP) is 3.19. The standard InChI is InChI=1S/C28H26Cl2N2O6/c29-20-9-6-15(10-21(20)30)12-32-13-19(18-8-7-17(11-22(18)32)16-4-2-1-3-5-16)27(36)31-24-26(35)25(34)23(14-33)38-28(24)37/h1-11,13,23-26,28,33-35,37H,12,14H2,(H,31,36)/t23?,24-,25-,26?,28?/m1/s1. The van der Waals surface area contributed by atoms with Gasteiger partial charge in [0.1, 0.15) is 24.4 Å². The Kier molecular flexibility index (Phi) is 7.74. The summed E-state index contributed by atoms with van der Waals surface area (Å²) in [6.45, 7) is -0.199. The van der Waals surface area contributed by atoms with Crippen LogP contribution in [-0.2, 0) is 11.3 Å². The van der Waals surface area contributed by atoms with Gasteiger partial charge in [0, 0.05) is 23.6 Å². The molecule has 5 N–H and O–H groups in total. The Morgan fingerprint density at radius 3 is 2.39 bits per heavy atom. The van der Waals surface area contributed by atoms with Crippen molar-refractivity contribution in [1.82, 2.24) is 9.88 Å². The van der Waals surface area contributed by atoms with Crippen LogP contribution in [0.1, 0.15) is 15.9 Å². The number of carbonyl (C=O) groups excluding carboxylic acids is 1. The van der Waals surface area contributed by atoms with Gasteiger partial charge in [-0.1, -0.05) is 71.7 Å². The number of nitrogens with one attached hydrogen (secondary N) is 1. The summed E-state index contributed by atoms with van der Waals surface area (Å²) in [7, 11) is 0. The van der Waals surface area contributed by atoms with Gasteiger partial charge in [0.25, 0.3) is 5.91 Å². The summed E-state index contributed by atoms with van der Waals surface area (Å²) in [5.74, 6) is -0.573. The molecular formula is C28H26Cl2N2O6. The molecule has 198 valence electrons. The molecule has 1 aromatic heterocycles. The van der Waals surface area contributed by atoms with Gasteiger partial charge in [-0.3, -0.25) is 4.79 Å². The lowest BCUT2D eigenvalue weighted by Gasteiger charge is -2.40. The van der Waals surface area contributed by atoms with E-state index in [2.05, 4.69) is 5.32 Å². The van der Waals surface area contributed by atoms with Gasteiger partial charge < -0.3 is 35.0 Å². The molecule has 0 radical (unpaired) electrons. The van der Waals surface area contributed by atoms with Crippen LogP contribution in [0.4, 0.5) is 0 Å². The number of halogens is 2. The highest BCUT2D eigenvalue weighted by Gasteiger charge is 2.44. The average molecular weight is 557 g/mol. The van der Waals surface area contributed by atoms with Gasteiger partial charge >= 0.3 is 0 Å². The van der Waals surface area contributed by atoms with Crippen LogP contribution >= 0.6 is 23.2 Å². The SMILES string of the molecule is O=C(N[C@H]1C(O)OC(CO)[C@@H](O)C1O)c1cn(Cc2ccc(Cl)c(Cl)c2)c2cc(-c3ccccc3)ccc12. The molecule has 0 aliphatic carbocycles. The molecular weight excluding hydrogens is 531 g/mol. The Bertz CT molecular complexity index is 1460. The number of carbonyl (C=O) groups is 1. The van der Waals surface area contributed by atoms with Crippen molar-refractivity contribution in [3.8, 4) is 11.1 Å². The minimum Gasteiger partial charge on any atom is -0.394 e. The van der Waals surface area contributed by atoms with Crippen molar-refractivity contribution in [3.05, 3.63) is 94.1 Å². The Balaban J connectivity index is 1.52. The fourth-order valence-corrected chi connectivity index (χ4v) is 5.05. The number of amides is 1. The van der Waals surface area contributed by atoms with Crippen LogP contribution in [0, 0.1) is 0 Å². The summed E-state index contributed by atoms with van der Waals surface area (Å²) in [5.41, 5.74) is 3.93. The van der Waals surface area contributed by atoms with E-state index >= 15 is 0 Å². The highest BCUT2D eigenvalue weighted by Crippen LogP contribution is 2.30. The maximum absolute atomic E-state index is 13.4. The van der Waals surface area contributed by atoms with E-state index in [9.17, 15) is 25.2 Å². The van der Waals surface area contributed by atoms with E-state index < -0.39 is 43.2 Å². The summed E-state index contributed by atoms with van der Waals surface area (Å²) >= 11 is 12.3. The lowest BCUT2D eigenvalue weighted by molar-refractivity contribution is -0.252. The zero-order valence-electron chi connectivity index (χ0n) is 20.0. The van der Waals surface area contributed by atoms with Crippen LogP contribution in [0.15, 0.2) is 72.9 Å². The summed E-state index contributed by atoms with van der Waals surface area (Å²) in [5, 5.41) is 44.4. The lowest BCUT2D eigenvalue weighted by Crippen LogP contribution is -2.64. The van der Waals surface area contributed by atoms with Crippen molar-refractivity contribution in [2.75, 3.05) is 6.61 Å². The first-order valence-corrected chi connectivity index (χ1v) is 12.8. The van der Waals surface area contributed by atoms with Gasteiger partial charge in [-0.25, -0.2) is 0 Å². The minimum absolute atomic E-state index is 0.304. The van der Waals surface area contributed by atoms with E-state index in [0.29, 0.717) is 27.5 Å².